The minimum absolute atomic E-state index is 0.480. The van der Waals surface area contributed by atoms with Gasteiger partial charge in [0.15, 0.2) is 0 Å². The highest BCUT2D eigenvalue weighted by Gasteiger charge is 2.28. The topological polar surface area (TPSA) is 26.7 Å². The average molecular weight is 274 g/mol. The number of para-hydroxylation sites is 1. The van der Waals surface area contributed by atoms with Gasteiger partial charge in [-0.15, -0.1) is 0 Å². The normalized spacial score (nSPS) is 25.1. The predicted octanol–water partition coefficient (Wildman–Crippen LogP) is 2.76. The molecule has 0 amide bonds. The minimum atomic E-state index is 0.480. The number of hydrogen-bond acceptors (Lipinski definition) is 3. The van der Waals surface area contributed by atoms with E-state index >= 15 is 0 Å². The zero-order chi connectivity index (χ0) is 13.9. The van der Waals surface area contributed by atoms with E-state index in [1.54, 1.807) is 0 Å². The van der Waals surface area contributed by atoms with E-state index in [2.05, 4.69) is 15.9 Å². The lowest BCUT2D eigenvalue weighted by atomic mass is 10.1. The lowest BCUT2D eigenvalue weighted by molar-refractivity contribution is 0.161. The molecule has 2 fully saturated rings. The molecule has 2 aliphatic heterocycles. The molecule has 1 N–H and O–H groups in total. The summed E-state index contributed by atoms with van der Waals surface area (Å²) in [6, 6.07) is 6.81. The van der Waals surface area contributed by atoms with Crippen molar-refractivity contribution >= 4 is 0 Å². The SMILES string of the molecule is Cc1cccc(CN2CCC(N3CCCCC3)C2)c1O. The molecule has 20 heavy (non-hydrogen) atoms. The number of benzene rings is 1. The smallest absolute Gasteiger partial charge is 0.122 e. The molecule has 1 aromatic carbocycles. The van der Waals surface area contributed by atoms with Crippen LogP contribution in [0.3, 0.4) is 0 Å². The van der Waals surface area contributed by atoms with Crippen LogP contribution >= 0.6 is 0 Å². The highest BCUT2D eigenvalue weighted by atomic mass is 16.3. The third kappa shape index (κ3) is 2.99. The molecule has 3 heteroatoms. The third-order valence-corrected chi connectivity index (χ3v) is 4.87. The van der Waals surface area contributed by atoms with Gasteiger partial charge in [0.1, 0.15) is 5.75 Å². The number of likely N-dealkylation sites (tertiary alicyclic amines) is 2. The maximum absolute atomic E-state index is 10.1. The van der Waals surface area contributed by atoms with Crippen molar-refractivity contribution in [3.05, 3.63) is 29.3 Å². The molecule has 0 radical (unpaired) electrons. The van der Waals surface area contributed by atoms with Crippen LogP contribution in [0.1, 0.15) is 36.8 Å². The molecular weight excluding hydrogens is 248 g/mol. The molecule has 2 heterocycles. The van der Waals surface area contributed by atoms with Gasteiger partial charge in [0.25, 0.3) is 0 Å². The van der Waals surface area contributed by atoms with Gasteiger partial charge in [0, 0.05) is 31.2 Å². The van der Waals surface area contributed by atoms with E-state index in [1.807, 2.05) is 19.1 Å². The van der Waals surface area contributed by atoms with Gasteiger partial charge >= 0.3 is 0 Å². The first-order valence-electron chi connectivity index (χ1n) is 7.98. The molecule has 0 aliphatic carbocycles. The summed E-state index contributed by atoms with van der Waals surface area (Å²) in [6.45, 7) is 7.75. The van der Waals surface area contributed by atoms with E-state index in [-0.39, 0.29) is 0 Å². The van der Waals surface area contributed by atoms with E-state index in [0.717, 1.165) is 36.8 Å². The summed E-state index contributed by atoms with van der Waals surface area (Å²) in [5, 5.41) is 10.1. The van der Waals surface area contributed by atoms with Gasteiger partial charge in [-0.2, -0.15) is 0 Å². The van der Waals surface area contributed by atoms with Crippen molar-refractivity contribution < 1.29 is 5.11 Å². The van der Waals surface area contributed by atoms with Crippen molar-refractivity contribution in [1.82, 2.24) is 9.80 Å². The maximum Gasteiger partial charge on any atom is 0.122 e. The van der Waals surface area contributed by atoms with Crippen LogP contribution in [0, 0.1) is 6.92 Å². The molecule has 0 aromatic heterocycles. The fourth-order valence-corrected chi connectivity index (χ4v) is 3.63. The highest BCUT2D eigenvalue weighted by molar-refractivity contribution is 5.39. The second kappa shape index (κ2) is 6.15. The average Bonchev–Trinajstić information content (AvgIpc) is 2.93. The number of phenolic OH excluding ortho intramolecular Hbond substituents is 1. The van der Waals surface area contributed by atoms with Crippen LogP contribution in [-0.2, 0) is 6.54 Å². The molecule has 1 aromatic rings. The van der Waals surface area contributed by atoms with Gasteiger partial charge in [0.05, 0.1) is 0 Å². The van der Waals surface area contributed by atoms with Crippen molar-refractivity contribution in [2.75, 3.05) is 26.2 Å². The summed E-state index contributed by atoms with van der Waals surface area (Å²) in [7, 11) is 0. The summed E-state index contributed by atoms with van der Waals surface area (Å²) in [4.78, 5) is 5.17. The summed E-state index contributed by atoms with van der Waals surface area (Å²) < 4.78 is 0. The Kier molecular flexibility index (Phi) is 4.27. The number of piperidine rings is 1. The van der Waals surface area contributed by atoms with E-state index in [9.17, 15) is 5.11 Å². The molecule has 1 unspecified atom stereocenters. The highest BCUT2D eigenvalue weighted by Crippen LogP contribution is 2.26. The third-order valence-electron chi connectivity index (χ3n) is 4.87. The number of rotatable bonds is 3. The van der Waals surface area contributed by atoms with Crippen LogP contribution in [-0.4, -0.2) is 47.1 Å². The van der Waals surface area contributed by atoms with Crippen LogP contribution in [0.4, 0.5) is 0 Å². The van der Waals surface area contributed by atoms with Crippen LogP contribution in [0.15, 0.2) is 18.2 Å². The molecule has 1 atom stereocenters. The first-order valence-corrected chi connectivity index (χ1v) is 7.98. The number of aryl methyl sites for hydroxylation is 1. The predicted molar refractivity (Wildman–Crippen MR) is 81.9 cm³/mol. The fourth-order valence-electron chi connectivity index (χ4n) is 3.63. The molecule has 3 rings (SSSR count). The molecule has 2 aliphatic rings. The van der Waals surface area contributed by atoms with Crippen LogP contribution in [0.25, 0.3) is 0 Å². The Bertz CT molecular complexity index is 454. The lowest BCUT2D eigenvalue weighted by Crippen LogP contribution is -2.40. The van der Waals surface area contributed by atoms with E-state index < -0.39 is 0 Å². The Balaban J connectivity index is 1.58. The summed E-state index contributed by atoms with van der Waals surface area (Å²) >= 11 is 0. The lowest BCUT2D eigenvalue weighted by Gasteiger charge is -2.32. The number of phenols is 1. The molecule has 0 spiro atoms. The van der Waals surface area contributed by atoms with Gasteiger partial charge in [0.2, 0.25) is 0 Å². The molecule has 3 nitrogen and oxygen atoms in total. The van der Waals surface area contributed by atoms with Gasteiger partial charge in [-0.3, -0.25) is 9.80 Å². The first kappa shape index (κ1) is 13.9. The molecule has 0 bridgehead atoms. The van der Waals surface area contributed by atoms with Crippen molar-refractivity contribution in [2.45, 2.75) is 45.2 Å². The zero-order valence-corrected chi connectivity index (χ0v) is 12.5. The Labute approximate surface area is 122 Å². The van der Waals surface area contributed by atoms with Crippen molar-refractivity contribution in [3.8, 4) is 5.75 Å². The Hall–Kier alpha value is -1.06. The Morgan fingerprint density at radius 3 is 2.75 bits per heavy atom. The Morgan fingerprint density at radius 1 is 1.15 bits per heavy atom. The van der Waals surface area contributed by atoms with Crippen molar-refractivity contribution in [1.29, 1.82) is 0 Å². The van der Waals surface area contributed by atoms with Crippen molar-refractivity contribution in [3.63, 3.8) is 0 Å². The van der Waals surface area contributed by atoms with Crippen LogP contribution < -0.4 is 0 Å². The number of aromatic hydroxyl groups is 1. The summed E-state index contributed by atoms with van der Waals surface area (Å²) in [5.41, 5.74) is 2.05. The van der Waals surface area contributed by atoms with Crippen LogP contribution in [0.5, 0.6) is 5.75 Å². The minimum Gasteiger partial charge on any atom is -0.507 e. The fraction of sp³-hybridized carbons (Fsp3) is 0.647. The van der Waals surface area contributed by atoms with Gasteiger partial charge in [-0.1, -0.05) is 24.6 Å². The number of hydrogen-bond donors (Lipinski definition) is 1. The second-order valence-corrected chi connectivity index (χ2v) is 6.36. The van der Waals surface area contributed by atoms with E-state index in [4.69, 9.17) is 0 Å². The molecular formula is C17H26N2O. The molecule has 110 valence electrons. The summed E-state index contributed by atoms with van der Waals surface area (Å²) in [6.07, 6.45) is 5.43. The largest absolute Gasteiger partial charge is 0.507 e. The van der Waals surface area contributed by atoms with E-state index in [0.29, 0.717) is 5.75 Å². The standard InChI is InChI=1S/C17H26N2O/c1-14-6-5-7-15(17(14)20)12-18-11-8-16(13-18)19-9-3-2-4-10-19/h5-7,16,20H,2-4,8-13H2,1H3. The van der Waals surface area contributed by atoms with Gasteiger partial charge in [-0.05, 0) is 44.8 Å². The maximum atomic E-state index is 10.1. The first-order chi connectivity index (χ1) is 9.74. The monoisotopic (exact) mass is 274 g/mol. The van der Waals surface area contributed by atoms with Crippen molar-refractivity contribution in [2.24, 2.45) is 0 Å². The second-order valence-electron chi connectivity index (χ2n) is 6.36. The van der Waals surface area contributed by atoms with Gasteiger partial charge < -0.3 is 5.11 Å². The molecule has 2 saturated heterocycles. The zero-order valence-electron chi connectivity index (χ0n) is 12.5. The molecule has 0 saturated carbocycles. The van der Waals surface area contributed by atoms with E-state index in [1.165, 1.54) is 38.8 Å². The Morgan fingerprint density at radius 2 is 1.95 bits per heavy atom. The van der Waals surface area contributed by atoms with Crippen LogP contribution in [0.2, 0.25) is 0 Å². The summed E-state index contributed by atoms with van der Waals surface area (Å²) in [5.74, 6) is 0.480. The number of nitrogens with zero attached hydrogens (tertiary/aromatic N) is 2. The van der Waals surface area contributed by atoms with Gasteiger partial charge in [-0.25, -0.2) is 0 Å². The quantitative estimate of drug-likeness (QED) is 0.918.